The van der Waals surface area contributed by atoms with Gasteiger partial charge in [-0.1, -0.05) is 0 Å². The van der Waals surface area contributed by atoms with Crippen LogP contribution in [0.1, 0.15) is 6.42 Å². The van der Waals surface area contributed by atoms with Gasteiger partial charge < -0.3 is 16.0 Å². The molecular formula is C4H10N2O3. The predicted octanol–water partition coefficient (Wildman–Crippen LogP) is -1.23. The van der Waals surface area contributed by atoms with Crippen LogP contribution in [-0.2, 0) is 4.79 Å². The molecule has 0 aliphatic carbocycles. The second kappa shape index (κ2) is 4.25. The van der Waals surface area contributed by atoms with E-state index in [0.29, 0.717) is 0 Å². The van der Waals surface area contributed by atoms with E-state index in [-0.39, 0.29) is 13.0 Å². The number of carbonyl (C=O) groups is 1. The maximum absolute atomic E-state index is 10.0. The molecule has 0 aliphatic heterocycles. The molecule has 0 saturated carbocycles. The average Bonchev–Trinajstić information content (AvgIpc) is 1.82. The molecule has 0 saturated heterocycles. The molecule has 1 unspecified atom stereocenters. The minimum atomic E-state index is -1.09. The van der Waals surface area contributed by atoms with Gasteiger partial charge in [-0.3, -0.25) is 4.79 Å². The third-order valence-electron chi connectivity index (χ3n) is 0.909. The zero-order chi connectivity index (χ0) is 7.28. The molecule has 0 spiro atoms. The fourth-order valence-corrected chi connectivity index (χ4v) is 0.410. The largest absolute Gasteiger partial charge is 0.480 e. The van der Waals surface area contributed by atoms with Gasteiger partial charge in [-0.25, -0.2) is 0 Å². The number of hydrogen-bond acceptors (Lipinski definition) is 4. The van der Waals surface area contributed by atoms with Crippen LogP contribution < -0.4 is 11.2 Å². The number of carboxylic acids is 1. The Morgan fingerprint density at radius 1 is 1.78 bits per heavy atom. The SMILES string of the molecule is NCCC(NO)C(=O)O. The number of rotatable bonds is 4. The highest BCUT2D eigenvalue weighted by Crippen LogP contribution is 1.86. The van der Waals surface area contributed by atoms with Crippen LogP contribution in [0.25, 0.3) is 0 Å². The van der Waals surface area contributed by atoms with E-state index in [2.05, 4.69) is 0 Å². The van der Waals surface area contributed by atoms with Gasteiger partial charge in [0.05, 0.1) is 0 Å². The highest BCUT2D eigenvalue weighted by Gasteiger charge is 2.13. The summed E-state index contributed by atoms with van der Waals surface area (Å²) in [5.41, 5.74) is 6.65. The van der Waals surface area contributed by atoms with Crippen molar-refractivity contribution in [3.8, 4) is 0 Å². The number of hydrogen-bond donors (Lipinski definition) is 4. The lowest BCUT2D eigenvalue weighted by atomic mass is 10.2. The topological polar surface area (TPSA) is 95.6 Å². The molecule has 9 heavy (non-hydrogen) atoms. The van der Waals surface area contributed by atoms with Crippen molar-refractivity contribution in [1.82, 2.24) is 5.48 Å². The molecule has 5 N–H and O–H groups in total. The van der Waals surface area contributed by atoms with E-state index in [0.717, 1.165) is 0 Å². The molecule has 0 aliphatic rings. The van der Waals surface area contributed by atoms with Gasteiger partial charge in [0, 0.05) is 0 Å². The Bertz CT molecular complexity index is 95.8. The minimum absolute atomic E-state index is 0.228. The molecule has 0 aromatic rings. The summed E-state index contributed by atoms with van der Waals surface area (Å²) in [5, 5.41) is 16.4. The van der Waals surface area contributed by atoms with Gasteiger partial charge in [0.25, 0.3) is 0 Å². The Kier molecular flexibility index (Phi) is 3.94. The Balaban J connectivity index is 3.54. The van der Waals surface area contributed by atoms with E-state index < -0.39 is 12.0 Å². The summed E-state index contributed by atoms with van der Waals surface area (Å²) in [6, 6.07) is -0.935. The fourth-order valence-electron chi connectivity index (χ4n) is 0.410. The molecule has 0 amide bonds. The lowest BCUT2D eigenvalue weighted by Gasteiger charge is -2.06. The molecule has 0 aromatic carbocycles. The van der Waals surface area contributed by atoms with Crippen LogP contribution in [0.5, 0.6) is 0 Å². The summed E-state index contributed by atoms with van der Waals surface area (Å²) in [4.78, 5) is 10.0. The van der Waals surface area contributed by atoms with Crippen LogP contribution in [0, 0.1) is 0 Å². The van der Waals surface area contributed by atoms with E-state index >= 15 is 0 Å². The van der Waals surface area contributed by atoms with Crippen molar-refractivity contribution in [3.05, 3.63) is 0 Å². The van der Waals surface area contributed by atoms with Crippen molar-refractivity contribution in [3.63, 3.8) is 0 Å². The molecule has 0 radical (unpaired) electrons. The Labute approximate surface area is 52.4 Å². The molecule has 54 valence electrons. The molecule has 5 nitrogen and oxygen atoms in total. The number of hydroxylamine groups is 1. The van der Waals surface area contributed by atoms with Crippen molar-refractivity contribution in [2.45, 2.75) is 12.5 Å². The summed E-state index contributed by atoms with van der Waals surface area (Å²) in [6.45, 7) is 0.241. The zero-order valence-corrected chi connectivity index (χ0v) is 4.87. The van der Waals surface area contributed by atoms with Gasteiger partial charge in [-0.05, 0) is 13.0 Å². The first-order valence-corrected chi connectivity index (χ1v) is 2.55. The summed E-state index contributed by atoms with van der Waals surface area (Å²) in [7, 11) is 0. The standard InChI is InChI=1S/C4H10N2O3/c5-2-1-3(6-9)4(7)8/h3,6,9H,1-2,5H2,(H,7,8). The molecule has 0 bridgehead atoms. The van der Waals surface area contributed by atoms with Crippen LogP contribution in [0.3, 0.4) is 0 Å². The van der Waals surface area contributed by atoms with Crippen molar-refractivity contribution < 1.29 is 15.1 Å². The molecule has 0 fully saturated rings. The molecule has 0 heterocycles. The summed E-state index contributed by atoms with van der Waals surface area (Å²) >= 11 is 0. The fraction of sp³-hybridized carbons (Fsp3) is 0.750. The Hall–Kier alpha value is -0.650. The highest BCUT2D eigenvalue weighted by atomic mass is 16.5. The van der Waals surface area contributed by atoms with Crippen molar-refractivity contribution in [2.75, 3.05) is 6.54 Å². The molecule has 0 rings (SSSR count). The average molecular weight is 134 g/mol. The Morgan fingerprint density at radius 2 is 2.33 bits per heavy atom. The maximum Gasteiger partial charge on any atom is 0.323 e. The summed E-state index contributed by atoms with van der Waals surface area (Å²) < 4.78 is 0. The molecule has 0 aromatic heterocycles. The van der Waals surface area contributed by atoms with Gasteiger partial charge in [0.2, 0.25) is 0 Å². The Morgan fingerprint density at radius 3 is 2.44 bits per heavy atom. The van der Waals surface area contributed by atoms with Gasteiger partial charge >= 0.3 is 5.97 Å². The third-order valence-corrected chi connectivity index (χ3v) is 0.909. The lowest BCUT2D eigenvalue weighted by Crippen LogP contribution is -2.35. The van der Waals surface area contributed by atoms with E-state index in [4.69, 9.17) is 16.0 Å². The van der Waals surface area contributed by atoms with Gasteiger partial charge in [-0.2, -0.15) is 5.48 Å². The monoisotopic (exact) mass is 134 g/mol. The molecule has 1 atom stereocenters. The first kappa shape index (κ1) is 8.35. The summed E-state index contributed by atoms with van der Waals surface area (Å²) in [6.07, 6.45) is 0.228. The van der Waals surface area contributed by atoms with Gasteiger partial charge in [-0.15, -0.1) is 0 Å². The van der Waals surface area contributed by atoms with E-state index in [1.165, 1.54) is 0 Å². The van der Waals surface area contributed by atoms with E-state index in [1.807, 2.05) is 0 Å². The first-order valence-electron chi connectivity index (χ1n) is 2.55. The van der Waals surface area contributed by atoms with Crippen LogP contribution in [0.15, 0.2) is 0 Å². The summed E-state index contributed by atoms with van der Waals surface area (Å²) in [5.74, 6) is -1.09. The van der Waals surface area contributed by atoms with E-state index in [9.17, 15) is 4.79 Å². The van der Waals surface area contributed by atoms with Crippen molar-refractivity contribution >= 4 is 5.97 Å². The van der Waals surface area contributed by atoms with Crippen LogP contribution >= 0.6 is 0 Å². The zero-order valence-electron chi connectivity index (χ0n) is 4.87. The highest BCUT2D eigenvalue weighted by molar-refractivity contribution is 5.73. The van der Waals surface area contributed by atoms with Crippen molar-refractivity contribution in [1.29, 1.82) is 0 Å². The molecular weight excluding hydrogens is 124 g/mol. The van der Waals surface area contributed by atoms with Gasteiger partial charge in [0.15, 0.2) is 0 Å². The number of nitrogens with two attached hydrogens (primary N) is 1. The number of carboxylic acid groups (broad SMARTS) is 1. The first-order chi connectivity index (χ1) is 4.22. The van der Waals surface area contributed by atoms with Crippen LogP contribution in [-0.4, -0.2) is 28.9 Å². The van der Waals surface area contributed by atoms with Crippen LogP contribution in [0.2, 0.25) is 0 Å². The second-order valence-corrected chi connectivity index (χ2v) is 1.60. The quantitative estimate of drug-likeness (QED) is 0.361. The second-order valence-electron chi connectivity index (χ2n) is 1.60. The predicted molar refractivity (Wildman–Crippen MR) is 30.0 cm³/mol. The smallest absolute Gasteiger partial charge is 0.323 e. The van der Waals surface area contributed by atoms with Gasteiger partial charge in [0.1, 0.15) is 6.04 Å². The van der Waals surface area contributed by atoms with E-state index in [1.54, 1.807) is 5.48 Å². The maximum atomic E-state index is 10.0. The minimum Gasteiger partial charge on any atom is -0.480 e. The molecule has 5 heteroatoms. The normalized spacial score (nSPS) is 13.1. The van der Waals surface area contributed by atoms with Crippen LogP contribution in [0.4, 0.5) is 0 Å². The van der Waals surface area contributed by atoms with Crippen molar-refractivity contribution in [2.24, 2.45) is 5.73 Å². The number of aliphatic carboxylic acids is 1. The third kappa shape index (κ3) is 3.02. The number of nitrogens with one attached hydrogen (secondary N) is 1. The lowest BCUT2D eigenvalue weighted by molar-refractivity contribution is -0.142.